The van der Waals surface area contributed by atoms with Crippen LogP contribution in [0.25, 0.3) is 11.3 Å². The van der Waals surface area contributed by atoms with Crippen molar-refractivity contribution in [3.05, 3.63) is 46.4 Å². The lowest BCUT2D eigenvalue weighted by Gasteiger charge is -2.01. The van der Waals surface area contributed by atoms with Gasteiger partial charge in [-0.1, -0.05) is 6.07 Å². The summed E-state index contributed by atoms with van der Waals surface area (Å²) in [6.45, 7) is 1.83. The molecular formula is C11H8BrFO. The van der Waals surface area contributed by atoms with Crippen molar-refractivity contribution in [2.24, 2.45) is 0 Å². The van der Waals surface area contributed by atoms with E-state index in [2.05, 4.69) is 15.9 Å². The molecule has 0 unspecified atom stereocenters. The Balaban J connectivity index is 2.61. The van der Waals surface area contributed by atoms with Crippen molar-refractivity contribution in [3.8, 4) is 11.3 Å². The molecule has 0 saturated heterocycles. The molecule has 1 aromatic heterocycles. The monoisotopic (exact) mass is 254 g/mol. The van der Waals surface area contributed by atoms with Gasteiger partial charge in [0.2, 0.25) is 0 Å². The summed E-state index contributed by atoms with van der Waals surface area (Å²) in [5, 5.41) is 0. The minimum absolute atomic E-state index is 0.284. The predicted molar refractivity (Wildman–Crippen MR) is 56.5 cm³/mol. The predicted octanol–water partition coefficient (Wildman–Crippen LogP) is 4.16. The van der Waals surface area contributed by atoms with Crippen LogP contribution in [-0.4, -0.2) is 0 Å². The molecule has 1 aromatic carbocycles. The molecule has 0 radical (unpaired) electrons. The van der Waals surface area contributed by atoms with E-state index in [1.165, 1.54) is 6.07 Å². The molecule has 1 nitrogen and oxygen atoms in total. The second kappa shape index (κ2) is 3.58. The average molecular weight is 255 g/mol. The Morgan fingerprint density at radius 1 is 1.21 bits per heavy atom. The number of hydrogen-bond acceptors (Lipinski definition) is 1. The van der Waals surface area contributed by atoms with Gasteiger partial charge < -0.3 is 4.42 Å². The van der Waals surface area contributed by atoms with Crippen molar-refractivity contribution in [1.82, 2.24) is 0 Å². The molecular weight excluding hydrogens is 247 g/mol. The maximum absolute atomic E-state index is 13.5. The second-order valence-electron chi connectivity index (χ2n) is 3.01. The topological polar surface area (TPSA) is 13.1 Å². The van der Waals surface area contributed by atoms with Crippen molar-refractivity contribution >= 4 is 15.9 Å². The first-order valence-corrected chi connectivity index (χ1v) is 4.98. The lowest BCUT2D eigenvalue weighted by Crippen LogP contribution is -1.83. The molecule has 0 atom stereocenters. The molecule has 0 fully saturated rings. The van der Waals surface area contributed by atoms with Gasteiger partial charge in [0.05, 0.1) is 5.56 Å². The van der Waals surface area contributed by atoms with Crippen LogP contribution < -0.4 is 0 Å². The molecule has 14 heavy (non-hydrogen) atoms. The summed E-state index contributed by atoms with van der Waals surface area (Å²) in [5.41, 5.74) is 0.473. The number of benzene rings is 1. The van der Waals surface area contributed by atoms with Crippen LogP contribution in [0.15, 0.2) is 39.2 Å². The summed E-state index contributed by atoms with van der Waals surface area (Å²) in [6.07, 6.45) is 0. The van der Waals surface area contributed by atoms with Gasteiger partial charge in [0.25, 0.3) is 0 Å². The maximum Gasteiger partial charge on any atom is 0.138 e. The highest BCUT2D eigenvalue weighted by atomic mass is 79.9. The van der Waals surface area contributed by atoms with E-state index < -0.39 is 0 Å². The summed E-state index contributed by atoms with van der Waals surface area (Å²) >= 11 is 3.29. The summed E-state index contributed by atoms with van der Waals surface area (Å²) < 4.78 is 19.5. The van der Waals surface area contributed by atoms with Crippen LogP contribution in [0, 0.1) is 12.7 Å². The van der Waals surface area contributed by atoms with Gasteiger partial charge in [0.15, 0.2) is 0 Å². The molecule has 72 valence electrons. The highest BCUT2D eigenvalue weighted by Gasteiger charge is 2.11. The van der Waals surface area contributed by atoms with Gasteiger partial charge in [0, 0.05) is 4.47 Å². The first-order chi connectivity index (χ1) is 6.68. The van der Waals surface area contributed by atoms with E-state index in [1.807, 2.05) is 13.0 Å². The van der Waals surface area contributed by atoms with Gasteiger partial charge in [-0.3, -0.25) is 0 Å². The van der Waals surface area contributed by atoms with Crippen LogP contribution in [0.4, 0.5) is 4.39 Å². The van der Waals surface area contributed by atoms with Crippen molar-refractivity contribution in [1.29, 1.82) is 0 Å². The molecule has 2 rings (SSSR count). The highest BCUT2D eigenvalue weighted by molar-refractivity contribution is 9.10. The Labute approximate surface area is 89.7 Å². The third-order valence-electron chi connectivity index (χ3n) is 1.95. The SMILES string of the molecule is Cc1ccc(-c2c(F)cccc2Br)o1. The minimum Gasteiger partial charge on any atom is -0.461 e. The number of rotatable bonds is 1. The van der Waals surface area contributed by atoms with Gasteiger partial charge >= 0.3 is 0 Å². The van der Waals surface area contributed by atoms with Crippen LogP contribution in [0.3, 0.4) is 0 Å². The fourth-order valence-corrected chi connectivity index (χ4v) is 1.84. The van der Waals surface area contributed by atoms with Crippen molar-refractivity contribution in [3.63, 3.8) is 0 Å². The zero-order valence-corrected chi connectivity index (χ0v) is 9.14. The van der Waals surface area contributed by atoms with Gasteiger partial charge in [-0.25, -0.2) is 4.39 Å². The van der Waals surface area contributed by atoms with Crippen molar-refractivity contribution in [2.75, 3.05) is 0 Å². The van der Waals surface area contributed by atoms with E-state index in [4.69, 9.17) is 4.42 Å². The van der Waals surface area contributed by atoms with Crippen molar-refractivity contribution in [2.45, 2.75) is 6.92 Å². The van der Waals surface area contributed by atoms with Crippen LogP contribution >= 0.6 is 15.9 Å². The van der Waals surface area contributed by atoms with Crippen LogP contribution in [0.1, 0.15) is 5.76 Å². The van der Waals surface area contributed by atoms with Crippen LogP contribution in [0.2, 0.25) is 0 Å². The summed E-state index contributed by atoms with van der Waals surface area (Å²) in [4.78, 5) is 0. The Kier molecular flexibility index (Phi) is 2.42. The average Bonchev–Trinajstić information content (AvgIpc) is 2.51. The molecule has 2 aromatic rings. The van der Waals surface area contributed by atoms with E-state index in [9.17, 15) is 4.39 Å². The third-order valence-corrected chi connectivity index (χ3v) is 2.61. The molecule has 0 aliphatic carbocycles. The number of furan rings is 1. The molecule has 0 aliphatic rings. The van der Waals surface area contributed by atoms with Gasteiger partial charge in [-0.2, -0.15) is 0 Å². The number of aryl methyl sites for hydroxylation is 1. The first kappa shape index (κ1) is 9.46. The maximum atomic E-state index is 13.5. The fraction of sp³-hybridized carbons (Fsp3) is 0.0909. The van der Waals surface area contributed by atoms with Gasteiger partial charge in [0.1, 0.15) is 17.3 Å². The van der Waals surface area contributed by atoms with E-state index >= 15 is 0 Å². The molecule has 0 spiro atoms. The molecule has 0 bridgehead atoms. The lowest BCUT2D eigenvalue weighted by molar-refractivity contribution is 0.540. The Hall–Kier alpha value is -1.09. The highest BCUT2D eigenvalue weighted by Crippen LogP contribution is 2.31. The minimum atomic E-state index is -0.284. The first-order valence-electron chi connectivity index (χ1n) is 4.19. The van der Waals surface area contributed by atoms with Crippen LogP contribution in [-0.2, 0) is 0 Å². The quantitative estimate of drug-likeness (QED) is 0.745. The summed E-state index contributed by atoms with van der Waals surface area (Å²) in [5.74, 6) is 1.04. The molecule has 0 amide bonds. The molecule has 0 aliphatic heterocycles. The number of halogens is 2. The molecule has 1 heterocycles. The van der Waals surface area contributed by atoms with Crippen LogP contribution in [0.5, 0.6) is 0 Å². The summed E-state index contributed by atoms with van der Waals surface area (Å²) in [7, 11) is 0. The number of hydrogen-bond donors (Lipinski definition) is 0. The zero-order chi connectivity index (χ0) is 10.1. The third kappa shape index (κ3) is 1.60. The van der Waals surface area contributed by atoms with E-state index in [1.54, 1.807) is 18.2 Å². The molecule has 0 saturated carbocycles. The Bertz CT molecular complexity index is 442. The largest absolute Gasteiger partial charge is 0.461 e. The van der Waals surface area contributed by atoms with E-state index in [0.717, 1.165) is 5.76 Å². The van der Waals surface area contributed by atoms with Crippen molar-refractivity contribution < 1.29 is 8.81 Å². The fourth-order valence-electron chi connectivity index (χ4n) is 1.30. The van der Waals surface area contributed by atoms with E-state index in [0.29, 0.717) is 15.8 Å². The normalized spacial score (nSPS) is 10.5. The van der Waals surface area contributed by atoms with E-state index in [-0.39, 0.29) is 5.82 Å². The smallest absolute Gasteiger partial charge is 0.138 e. The molecule has 0 N–H and O–H groups in total. The lowest BCUT2D eigenvalue weighted by atomic mass is 10.1. The summed E-state index contributed by atoms with van der Waals surface area (Å²) in [6, 6.07) is 8.43. The Morgan fingerprint density at radius 2 is 2.00 bits per heavy atom. The molecule has 3 heteroatoms. The standard InChI is InChI=1S/C11H8BrFO/c1-7-5-6-10(14-7)11-8(12)3-2-4-9(11)13/h2-6H,1H3. The van der Waals surface area contributed by atoms with Gasteiger partial charge in [-0.15, -0.1) is 0 Å². The second-order valence-corrected chi connectivity index (χ2v) is 3.86. The van der Waals surface area contributed by atoms with Gasteiger partial charge in [-0.05, 0) is 47.1 Å². The Morgan fingerprint density at radius 3 is 2.57 bits per heavy atom. The zero-order valence-electron chi connectivity index (χ0n) is 7.55.